The van der Waals surface area contributed by atoms with Gasteiger partial charge < -0.3 is 0 Å². The number of aromatic nitrogens is 2. The van der Waals surface area contributed by atoms with Crippen LogP contribution in [0.25, 0.3) is 0 Å². The lowest BCUT2D eigenvalue weighted by Crippen LogP contribution is -2.39. The molecular formula is C15H20N4O3S. The Labute approximate surface area is 135 Å². The molecule has 0 saturated carbocycles. The molecule has 0 saturated heterocycles. The Morgan fingerprint density at radius 1 is 1.13 bits per heavy atom. The Morgan fingerprint density at radius 3 is 2.48 bits per heavy atom. The van der Waals surface area contributed by atoms with E-state index < -0.39 is 10.2 Å². The van der Waals surface area contributed by atoms with E-state index in [9.17, 15) is 13.2 Å². The van der Waals surface area contributed by atoms with Crippen LogP contribution in [0.15, 0.2) is 41.2 Å². The Bertz CT molecular complexity index is 816. The number of nitrogens with one attached hydrogen (secondary N) is 2. The molecule has 1 aromatic heterocycles. The normalized spacial score (nSPS) is 11.6. The molecule has 0 radical (unpaired) electrons. The first-order valence-electron chi connectivity index (χ1n) is 7.21. The van der Waals surface area contributed by atoms with E-state index >= 15 is 0 Å². The zero-order valence-corrected chi connectivity index (χ0v) is 13.9. The largest absolute Gasteiger partial charge is 0.348 e. The van der Waals surface area contributed by atoms with Crippen LogP contribution in [0.5, 0.6) is 0 Å². The zero-order valence-electron chi connectivity index (χ0n) is 13.1. The first-order chi connectivity index (χ1) is 10.9. The molecule has 0 aliphatic rings. The fraction of sp³-hybridized carbons (Fsp3) is 0.333. The molecule has 124 valence electrons. The van der Waals surface area contributed by atoms with Crippen molar-refractivity contribution in [1.29, 1.82) is 0 Å². The Hall–Kier alpha value is -2.03. The minimum absolute atomic E-state index is 0.107. The predicted molar refractivity (Wildman–Crippen MR) is 88.2 cm³/mol. The van der Waals surface area contributed by atoms with Crippen molar-refractivity contribution in [1.82, 2.24) is 19.0 Å². The van der Waals surface area contributed by atoms with Crippen LogP contribution in [-0.2, 0) is 23.3 Å². The summed E-state index contributed by atoms with van der Waals surface area (Å²) >= 11 is 0. The number of hydrogen-bond donors (Lipinski definition) is 2. The van der Waals surface area contributed by atoms with Gasteiger partial charge in [-0.05, 0) is 25.5 Å². The smallest absolute Gasteiger partial charge is 0.295 e. The van der Waals surface area contributed by atoms with E-state index in [2.05, 4.69) is 14.4 Å². The van der Waals surface area contributed by atoms with E-state index in [1.54, 1.807) is 19.9 Å². The molecule has 1 heterocycles. The lowest BCUT2D eigenvalue weighted by molar-refractivity contribution is 0.551. The highest BCUT2D eigenvalue weighted by molar-refractivity contribution is 7.87. The van der Waals surface area contributed by atoms with Crippen molar-refractivity contribution in [3.8, 4) is 0 Å². The quantitative estimate of drug-likeness (QED) is 0.769. The van der Waals surface area contributed by atoms with E-state index in [-0.39, 0.29) is 25.3 Å². The second kappa shape index (κ2) is 7.49. The van der Waals surface area contributed by atoms with Crippen LogP contribution in [0, 0.1) is 13.8 Å². The van der Waals surface area contributed by atoms with Gasteiger partial charge in [0.05, 0.1) is 0 Å². The standard InChI is InChI=1S/C15H20N4O3S/c1-12-10-13(2)19(15(20)18-12)9-8-16-23(21,22)17-11-14-6-4-3-5-7-14/h3-7,10,16-17H,8-9,11H2,1-2H3. The average Bonchev–Trinajstić information content (AvgIpc) is 2.49. The molecule has 2 rings (SSSR count). The highest BCUT2D eigenvalue weighted by Gasteiger charge is 2.09. The minimum Gasteiger partial charge on any atom is -0.295 e. The summed E-state index contributed by atoms with van der Waals surface area (Å²) < 4.78 is 30.1. The van der Waals surface area contributed by atoms with Gasteiger partial charge in [0.1, 0.15) is 0 Å². The Morgan fingerprint density at radius 2 is 1.83 bits per heavy atom. The van der Waals surface area contributed by atoms with Gasteiger partial charge in [-0.15, -0.1) is 0 Å². The highest BCUT2D eigenvalue weighted by atomic mass is 32.2. The van der Waals surface area contributed by atoms with Crippen LogP contribution in [-0.4, -0.2) is 24.5 Å². The van der Waals surface area contributed by atoms with Crippen molar-refractivity contribution >= 4 is 10.2 Å². The van der Waals surface area contributed by atoms with Crippen molar-refractivity contribution in [2.75, 3.05) is 6.54 Å². The maximum Gasteiger partial charge on any atom is 0.348 e. The summed E-state index contributed by atoms with van der Waals surface area (Å²) in [6.45, 7) is 4.08. The zero-order chi connectivity index (χ0) is 16.9. The van der Waals surface area contributed by atoms with Crippen molar-refractivity contribution in [3.05, 3.63) is 63.8 Å². The van der Waals surface area contributed by atoms with Gasteiger partial charge in [-0.25, -0.2) is 9.52 Å². The van der Waals surface area contributed by atoms with Gasteiger partial charge in [0.2, 0.25) is 0 Å². The fourth-order valence-electron chi connectivity index (χ4n) is 2.16. The van der Waals surface area contributed by atoms with Gasteiger partial charge in [0.25, 0.3) is 10.2 Å². The SMILES string of the molecule is Cc1cc(C)n(CCNS(=O)(=O)NCc2ccccc2)c(=O)n1. The van der Waals surface area contributed by atoms with Crippen molar-refractivity contribution < 1.29 is 8.42 Å². The van der Waals surface area contributed by atoms with Gasteiger partial charge in [0.15, 0.2) is 0 Å². The van der Waals surface area contributed by atoms with Crippen molar-refractivity contribution in [2.45, 2.75) is 26.9 Å². The van der Waals surface area contributed by atoms with Crippen LogP contribution >= 0.6 is 0 Å². The molecule has 0 atom stereocenters. The average molecular weight is 336 g/mol. The maximum atomic E-state index is 11.9. The van der Waals surface area contributed by atoms with E-state index in [1.807, 2.05) is 30.3 Å². The molecule has 0 aliphatic heterocycles. The van der Waals surface area contributed by atoms with Crippen LogP contribution in [0.4, 0.5) is 0 Å². The fourth-order valence-corrected chi connectivity index (χ4v) is 2.98. The number of hydrogen-bond acceptors (Lipinski definition) is 4. The lowest BCUT2D eigenvalue weighted by Gasteiger charge is -2.11. The number of aryl methyl sites for hydroxylation is 2. The third kappa shape index (κ3) is 5.27. The van der Waals surface area contributed by atoms with Crippen LogP contribution < -0.4 is 15.1 Å². The molecule has 8 heteroatoms. The molecule has 1 aromatic carbocycles. The number of rotatable bonds is 7. The first-order valence-corrected chi connectivity index (χ1v) is 8.69. The van der Waals surface area contributed by atoms with Crippen LogP contribution in [0.1, 0.15) is 17.0 Å². The Kier molecular flexibility index (Phi) is 5.64. The summed E-state index contributed by atoms with van der Waals surface area (Å²) in [7, 11) is -3.62. The maximum absolute atomic E-state index is 11.9. The second-order valence-electron chi connectivity index (χ2n) is 5.18. The van der Waals surface area contributed by atoms with E-state index in [0.717, 1.165) is 11.3 Å². The first kappa shape index (κ1) is 17.3. The molecule has 0 amide bonds. The minimum atomic E-state index is -3.62. The third-order valence-electron chi connectivity index (χ3n) is 3.28. The molecule has 0 spiro atoms. The van der Waals surface area contributed by atoms with E-state index in [0.29, 0.717) is 5.69 Å². The van der Waals surface area contributed by atoms with Gasteiger partial charge in [-0.2, -0.15) is 18.1 Å². The summed E-state index contributed by atoms with van der Waals surface area (Å²) in [5.74, 6) is 0. The third-order valence-corrected chi connectivity index (χ3v) is 4.39. The van der Waals surface area contributed by atoms with Crippen LogP contribution in [0.3, 0.4) is 0 Å². The molecule has 0 unspecified atom stereocenters. The van der Waals surface area contributed by atoms with Gasteiger partial charge in [0, 0.05) is 31.0 Å². The monoisotopic (exact) mass is 336 g/mol. The van der Waals surface area contributed by atoms with Gasteiger partial charge >= 0.3 is 5.69 Å². The van der Waals surface area contributed by atoms with Gasteiger partial charge in [-0.1, -0.05) is 30.3 Å². The van der Waals surface area contributed by atoms with Crippen molar-refractivity contribution in [3.63, 3.8) is 0 Å². The predicted octanol–water partition coefficient (Wildman–Crippen LogP) is 0.484. The van der Waals surface area contributed by atoms with E-state index in [1.165, 1.54) is 4.57 Å². The van der Waals surface area contributed by atoms with E-state index in [4.69, 9.17) is 0 Å². The summed E-state index contributed by atoms with van der Waals surface area (Å²) in [6.07, 6.45) is 0. The molecule has 0 fully saturated rings. The molecule has 0 bridgehead atoms. The molecule has 23 heavy (non-hydrogen) atoms. The molecule has 7 nitrogen and oxygen atoms in total. The molecular weight excluding hydrogens is 316 g/mol. The number of benzene rings is 1. The molecule has 2 N–H and O–H groups in total. The Balaban J connectivity index is 1.89. The summed E-state index contributed by atoms with van der Waals surface area (Å²) in [5, 5.41) is 0. The highest BCUT2D eigenvalue weighted by Crippen LogP contribution is 1.98. The van der Waals surface area contributed by atoms with Crippen molar-refractivity contribution in [2.24, 2.45) is 0 Å². The van der Waals surface area contributed by atoms with Crippen LogP contribution in [0.2, 0.25) is 0 Å². The summed E-state index contributed by atoms with van der Waals surface area (Å²) in [6, 6.07) is 11.0. The molecule has 0 aliphatic carbocycles. The lowest BCUT2D eigenvalue weighted by atomic mass is 10.2. The summed E-state index contributed by atoms with van der Waals surface area (Å²) in [4.78, 5) is 15.6. The number of nitrogens with zero attached hydrogens (tertiary/aromatic N) is 2. The van der Waals surface area contributed by atoms with Gasteiger partial charge in [-0.3, -0.25) is 4.57 Å². The second-order valence-corrected chi connectivity index (χ2v) is 6.76. The molecule has 2 aromatic rings. The topological polar surface area (TPSA) is 93.1 Å². The summed E-state index contributed by atoms with van der Waals surface area (Å²) in [5.41, 5.74) is 1.89.